The van der Waals surface area contributed by atoms with Crippen LogP contribution in [0.15, 0.2) is 41.1 Å². The Balaban J connectivity index is 1.48. The van der Waals surface area contributed by atoms with Crippen molar-refractivity contribution in [2.45, 2.75) is 25.9 Å². The van der Waals surface area contributed by atoms with Crippen LogP contribution in [0.5, 0.6) is 11.5 Å². The molecule has 1 atom stereocenters. The molecule has 1 aliphatic rings. The molecule has 1 unspecified atom stereocenters. The van der Waals surface area contributed by atoms with Crippen molar-refractivity contribution in [1.82, 2.24) is 24.5 Å². The van der Waals surface area contributed by atoms with E-state index < -0.39 is 0 Å². The summed E-state index contributed by atoms with van der Waals surface area (Å²) in [4.78, 5) is 11.4. The van der Waals surface area contributed by atoms with Crippen molar-refractivity contribution >= 4 is 11.6 Å². The summed E-state index contributed by atoms with van der Waals surface area (Å²) in [6, 6.07) is 7.98. The molecule has 0 spiro atoms. The van der Waals surface area contributed by atoms with Crippen molar-refractivity contribution in [2.75, 3.05) is 26.5 Å². The minimum absolute atomic E-state index is 0.189. The van der Waals surface area contributed by atoms with Gasteiger partial charge < -0.3 is 19.6 Å². The smallest absolute Gasteiger partial charge is 0.223 e. The maximum atomic E-state index is 6.05. The summed E-state index contributed by atoms with van der Waals surface area (Å²) >= 11 is 0. The number of furan rings is 1. The highest BCUT2D eigenvalue weighted by atomic mass is 16.5. The van der Waals surface area contributed by atoms with E-state index in [0.717, 1.165) is 30.0 Å². The first kappa shape index (κ1) is 19.4. The average molecular weight is 420 g/mol. The molecule has 0 saturated heterocycles. The molecule has 2 N–H and O–H groups in total. The molecular formula is C22H24N6O3. The highest BCUT2D eigenvalue weighted by Crippen LogP contribution is 2.38. The fourth-order valence-electron chi connectivity index (χ4n) is 4.19. The third kappa shape index (κ3) is 3.27. The number of nitrogens with zero attached hydrogens (tertiary/aromatic N) is 5. The highest BCUT2D eigenvalue weighted by molar-refractivity contribution is 5.57. The number of methoxy groups -OCH3 is 2. The average Bonchev–Trinajstić information content (AvgIpc) is 3.47. The monoisotopic (exact) mass is 420 g/mol. The molecule has 9 heteroatoms. The maximum Gasteiger partial charge on any atom is 0.223 e. The summed E-state index contributed by atoms with van der Waals surface area (Å²) in [5.74, 6) is 2.88. The van der Waals surface area contributed by atoms with Crippen LogP contribution in [-0.2, 0) is 13.0 Å². The van der Waals surface area contributed by atoms with Gasteiger partial charge in [-0.25, -0.2) is 9.97 Å². The number of hydrogen-bond acceptors (Lipinski definition) is 8. The highest BCUT2D eigenvalue weighted by Gasteiger charge is 2.27. The van der Waals surface area contributed by atoms with Crippen LogP contribution in [0.25, 0.3) is 17.2 Å². The first-order valence-corrected chi connectivity index (χ1v) is 10.1. The van der Waals surface area contributed by atoms with Gasteiger partial charge in [-0.05, 0) is 48.7 Å². The summed E-state index contributed by atoms with van der Waals surface area (Å²) in [5.41, 5.74) is 10.2. The summed E-state index contributed by atoms with van der Waals surface area (Å²) in [5, 5.41) is 4.48. The Kier molecular flexibility index (Phi) is 4.74. The molecule has 0 fully saturated rings. The molecule has 1 aliphatic heterocycles. The number of hydrogen-bond donors (Lipinski definition) is 1. The van der Waals surface area contributed by atoms with E-state index in [1.807, 2.05) is 6.07 Å². The predicted octanol–water partition coefficient (Wildman–Crippen LogP) is 3.10. The first-order valence-electron chi connectivity index (χ1n) is 10.1. The van der Waals surface area contributed by atoms with E-state index in [4.69, 9.17) is 19.6 Å². The lowest BCUT2D eigenvalue weighted by Crippen LogP contribution is -2.33. The van der Waals surface area contributed by atoms with Crippen LogP contribution in [-0.4, -0.2) is 45.2 Å². The number of nitrogen functional groups attached to an aromatic ring is 1. The van der Waals surface area contributed by atoms with Gasteiger partial charge in [0.25, 0.3) is 0 Å². The number of aromatic nitrogens is 4. The molecule has 9 nitrogen and oxygen atoms in total. The van der Waals surface area contributed by atoms with E-state index in [1.165, 1.54) is 11.1 Å². The Morgan fingerprint density at radius 3 is 2.77 bits per heavy atom. The van der Waals surface area contributed by atoms with Crippen LogP contribution >= 0.6 is 0 Å². The lowest BCUT2D eigenvalue weighted by molar-refractivity contribution is 0.189. The molecule has 5 rings (SSSR count). The second kappa shape index (κ2) is 7.59. The van der Waals surface area contributed by atoms with Crippen molar-refractivity contribution in [3.8, 4) is 23.1 Å². The number of nitrogens with two attached hydrogens (primary N) is 1. The third-order valence-corrected chi connectivity index (χ3v) is 5.89. The Morgan fingerprint density at radius 2 is 2.03 bits per heavy atom. The number of anilines is 1. The van der Waals surface area contributed by atoms with Gasteiger partial charge in [-0.3, -0.25) is 4.90 Å². The maximum absolute atomic E-state index is 6.05. The molecule has 4 aromatic rings. The number of ether oxygens (including phenoxy) is 2. The van der Waals surface area contributed by atoms with Gasteiger partial charge in [0, 0.05) is 30.9 Å². The molecule has 0 saturated carbocycles. The second-order valence-corrected chi connectivity index (χ2v) is 7.59. The summed E-state index contributed by atoms with van der Waals surface area (Å²) < 4.78 is 18.0. The van der Waals surface area contributed by atoms with Crippen molar-refractivity contribution in [1.29, 1.82) is 0 Å². The molecule has 3 aromatic heterocycles. The van der Waals surface area contributed by atoms with Crippen molar-refractivity contribution in [3.05, 3.63) is 53.4 Å². The fourth-order valence-corrected chi connectivity index (χ4v) is 4.19. The molecule has 31 heavy (non-hydrogen) atoms. The summed E-state index contributed by atoms with van der Waals surface area (Å²) in [6.07, 6.45) is 4.30. The minimum atomic E-state index is 0.189. The zero-order valence-electron chi connectivity index (χ0n) is 17.7. The van der Waals surface area contributed by atoms with E-state index in [2.05, 4.69) is 39.0 Å². The Hall–Kier alpha value is -3.59. The van der Waals surface area contributed by atoms with Crippen LogP contribution in [0.1, 0.15) is 29.7 Å². The van der Waals surface area contributed by atoms with Gasteiger partial charge in [-0.1, -0.05) is 0 Å². The molecule has 0 radical (unpaired) electrons. The SMILES string of the molecule is COc1cc2c(cc1OC)C(C)N(Cc1cnc(N)n3nc(-c4ccco4)nc13)CC2. The normalized spacial score (nSPS) is 16.4. The molecule has 0 amide bonds. The van der Waals surface area contributed by atoms with Gasteiger partial charge in [0.1, 0.15) is 0 Å². The van der Waals surface area contributed by atoms with Crippen LogP contribution < -0.4 is 15.2 Å². The van der Waals surface area contributed by atoms with Gasteiger partial charge in [-0.15, -0.1) is 5.10 Å². The van der Waals surface area contributed by atoms with E-state index in [9.17, 15) is 0 Å². The zero-order valence-corrected chi connectivity index (χ0v) is 17.7. The fraction of sp³-hybridized carbons (Fsp3) is 0.318. The number of benzene rings is 1. The first-order chi connectivity index (χ1) is 15.1. The van der Waals surface area contributed by atoms with E-state index in [0.29, 0.717) is 23.8 Å². The van der Waals surface area contributed by atoms with Crippen LogP contribution in [0.2, 0.25) is 0 Å². The molecule has 0 bridgehead atoms. The van der Waals surface area contributed by atoms with Gasteiger partial charge in [0.15, 0.2) is 22.9 Å². The topological polar surface area (TPSA) is 104 Å². The number of rotatable bonds is 5. The van der Waals surface area contributed by atoms with Crippen molar-refractivity contribution < 1.29 is 13.9 Å². The quantitative estimate of drug-likeness (QED) is 0.525. The van der Waals surface area contributed by atoms with E-state index in [1.54, 1.807) is 37.3 Å². The molecule has 160 valence electrons. The van der Waals surface area contributed by atoms with Crippen molar-refractivity contribution in [2.24, 2.45) is 0 Å². The molecule has 0 aliphatic carbocycles. The minimum Gasteiger partial charge on any atom is -0.493 e. The standard InChI is InChI=1S/C22H24N6O3/c1-13-16-10-19(30-3)18(29-2)9-14(16)6-7-27(13)12-15-11-24-22(23)28-21(15)25-20(26-28)17-5-4-8-31-17/h4-5,8-11,13H,6-7,12H2,1-3H3,(H2,23,24). The van der Waals surface area contributed by atoms with Gasteiger partial charge in [-0.2, -0.15) is 4.52 Å². The Bertz CT molecular complexity index is 1230. The predicted molar refractivity (Wildman–Crippen MR) is 115 cm³/mol. The zero-order chi connectivity index (χ0) is 21.5. The molecule has 1 aromatic carbocycles. The summed E-state index contributed by atoms with van der Waals surface area (Å²) in [6.45, 7) is 3.77. The largest absolute Gasteiger partial charge is 0.493 e. The lowest BCUT2D eigenvalue weighted by Gasteiger charge is -2.35. The van der Waals surface area contributed by atoms with Crippen LogP contribution in [0.4, 0.5) is 5.95 Å². The molecular weight excluding hydrogens is 396 g/mol. The van der Waals surface area contributed by atoms with Crippen LogP contribution in [0.3, 0.4) is 0 Å². The van der Waals surface area contributed by atoms with E-state index >= 15 is 0 Å². The third-order valence-electron chi connectivity index (χ3n) is 5.89. The van der Waals surface area contributed by atoms with Gasteiger partial charge in [0.05, 0.1) is 20.5 Å². The second-order valence-electron chi connectivity index (χ2n) is 7.59. The number of fused-ring (bicyclic) bond motifs is 2. The molecule has 4 heterocycles. The van der Waals surface area contributed by atoms with Crippen LogP contribution in [0, 0.1) is 0 Å². The van der Waals surface area contributed by atoms with Gasteiger partial charge >= 0.3 is 0 Å². The van der Waals surface area contributed by atoms with E-state index in [-0.39, 0.29) is 12.0 Å². The van der Waals surface area contributed by atoms with Crippen molar-refractivity contribution in [3.63, 3.8) is 0 Å². The Labute approximate surface area is 179 Å². The van der Waals surface area contributed by atoms with Gasteiger partial charge in [0.2, 0.25) is 11.8 Å². The summed E-state index contributed by atoms with van der Waals surface area (Å²) in [7, 11) is 3.33. The Morgan fingerprint density at radius 1 is 1.23 bits per heavy atom. The lowest BCUT2D eigenvalue weighted by atomic mass is 9.92.